The van der Waals surface area contributed by atoms with E-state index in [0.717, 1.165) is 16.9 Å². The molecule has 3 aromatic heterocycles. The number of hydrogen-bond donors (Lipinski definition) is 3. The van der Waals surface area contributed by atoms with E-state index in [0.29, 0.717) is 41.2 Å². The molecule has 9 nitrogen and oxygen atoms in total. The van der Waals surface area contributed by atoms with Gasteiger partial charge < -0.3 is 20.4 Å². The average molecular weight is 532 g/mol. The molecule has 0 unspecified atom stereocenters. The van der Waals surface area contributed by atoms with Gasteiger partial charge in [0.2, 0.25) is 5.95 Å². The molecule has 0 spiro atoms. The Labute approximate surface area is 222 Å². The highest BCUT2D eigenvalue weighted by molar-refractivity contribution is 6.31. The molecule has 0 atom stereocenters. The van der Waals surface area contributed by atoms with E-state index in [1.807, 2.05) is 24.3 Å². The molecule has 0 aliphatic rings. The number of halogens is 2. The van der Waals surface area contributed by atoms with Crippen molar-refractivity contribution in [1.29, 1.82) is 0 Å². The fourth-order valence-electron chi connectivity index (χ4n) is 3.83. The molecular weight excluding hydrogens is 509 g/mol. The summed E-state index contributed by atoms with van der Waals surface area (Å²) in [4.78, 5) is 33.4. The van der Waals surface area contributed by atoms with Crippen molar-refractivity contribution in [2.75, 3.05) is 23.8 Å². The number of nitrogens with zero attached hydrogens (tertiary/aromatic N) is 4. The number of imidazole rings is 1. The van der Waals surface area contributed by atoms with E-state index in [1.54, 1.807) is 31.5 Å². The number of para-hydroxylation sites is 2. The Hall–Kier alpha value is -4.57. The second-order valence-corrected chi connectivity index (χ2v) is 8.68. The van der Waals surface area contributed by atoms with Crippen LogP contribution in [0.5, 0.6) is 0 Å². The SMILES string of the molecule is CCOC(=O)c1cncc(-c2cnc(Nc3ccc(F)c(Cl)c3)nc2NCCc2nc3ccccc3[nH]2)c1. The molecular formula is C27H23ClFN7O2. The van der Waals surface area contributed by atoms with Crippen LogP contribution in [0.2, 0.25) is 5.02 Å². The van der Waals surface area contributed by atoms with Gasteiger partial charge in [-0.15, -0.1) is 0 Å². The molecule has 5 rings (SSSR count). The first-order chi connectivity index (χ1) is 18.5. The molecule has 0 aliphatic carbocycles. The predicted molar refractivity (Wildman–Crippen MR) is 144 cm³/mol. The predicted octanol–water partition coefficient (Wildman–Crippen LogP) is 5.78. The van der Waals surface area contributed by atoms with E-state index in [1.165, 1.54) is 18.3 Å². The van der Waals surface area contributed by atoms with Crippen molar-refractivity contribution in [2.24, 2.45) is 0 Å². The highest BCUT2D eigenvalue weighted by atomic mass is 35.5. The number of aromatic amines is 1. The summed E-state index contributed by atoms with van der Waals surface area (Å²) in [5.74, 6) is 0.635. The van der Waals surface area contributed by atoms with Crippen LogP contribution < -0.4 is 10.6 Å². The molecule has 11 heteroatoms. The number of esters is 1. The number of pyridine rings is 1. The van der Waals surface area contributed by atoms with Gasteiger partial charge in [0.1, 0.15) is 17.5 Å². The number of nitrogens with one attached hydrogen (secondary N) is 3. The van der Waals surface area contributed by atoms with E-state index < -0.39 is 11.8 Å². The third-order valence-corrected chi connectivity index (χ3v) is 5.91. The van der Waals surface area contributed by atoms with Crippen LogP contribution >= 0.6 is 11.6 Å². The van der Waals surface area contributed by atoms with Gasteiger partial charge in [-0.3, -0.25) is 4.98 Å². The second kappa shape index (κ2) is 11.2. The second-order valence-electron chi connectivity index (χ2n) is 8.27. The molecule has 0 amide bonds. The summed E-state index contributed by atoms with van der Waals surface area (Å²) in [6.07, 6.45) is 5.30. The fraction of sp³-hybridized carbons (Fsp3) is 0.148. The third-order valence-electron chi connectivity index (χ3n) is 5.62. The summed E-state index contributed by atoms with van der Waals surface area (Å²) in [6.45, 7) is 2.51. The minimum absolute atomic E-state index is 0.0161. The zero-order chi connectivity index (χ0) is 26.5. The maximum atomic E-state index is 13.6. The quantitative estimate of drug-likeness (QED) is 0.205. The van der Waals surface area contributed by atoms with Crippen LogP contribution in [0.1, 0.15) is 23.1 Å². The van der Waals surface area contributed by atoms with Gasteiger partial charge in [0.05, 0.1) is 28.2 Å². The van der Waals surface area contributed by atoms with E-state index >= 15 is 0 Å². The highest BCUT2D eigenvalue weighted by Crippen LogP contribution is 2.29. The molecule has 0 fully saturated rings. The van der Waals surface area contributed by atoms with Gasteiger partial charge in [-0.2, -0.15) is 4.98 Å². The largest absolute Gasteiger partial charge is 0.462 e. The number of rotatable bonds is 9. The third kappa shape index (κ3) is 5.70. The minimum atomic E-state index is -0.518. The van der Waals surface area contributed by atoms with Crippen LogP contribution in [-0.4, -0.2) is 44.0 Å². The van der Waals surface area contributed by atoms with Gasteiger partial charge in [0, 0.05) is 48.4 Å². The van der Waals surface area contributed by atoms with Crippen LogP contribution in [0, 0.1) is 5.82 Å². The average Bonchev–Trinajstić information content (AvgIpc) is 3.34. The Morgan fingerprint density at radius 2 is 1.97 bits per heavy atom. The van der Waals surface area contributed by atoms with Crippen LogP contribution in [0.4, 0.5) is 21.8 Å². The van der Waals surface area contributed by atoms with Crippen LogP contribution in [0.15, 0.2) is 67.1 Å². The van der Waals surface area contributed by atoms with Gasteiger partial charge in [-0.05, 0) is 43.3 Å². The van der Waals surface area contributed by atoms with Crippen molar-refractivity contribution in [3.8, 4) is 11.1 Å². The van der Waals surface area contributed by atoms with Gasteiger partial charge in [0.15, 0.2) is 0 Å². The van der Waals surface area contributed by atoms with Crippen molar-refractivity contribution < 1.29 is 13.9 Å². The zero-order valence-electron chi connectivity index (χ0n) is 20.3. The van der Waals surface area contributed by atoms with Crippen molar-refractivity contribution >= 4 is 46.1 Å². The molecule has 5 aromatic rings. The Bertz CT molecular complexity index is 1570. The summed E-state index contributed by atoms with van der Waals surface area (Å²) in [5.41, 5.74) is 3.99. The first-order valence-electron chi connectivity index (χ1n) is 11.9. The summed E-state index contributed by atoms with van der Waals surface area (Å²) in [5, 5.41) is 6.37. The lowest BCUT2D eigenvalue weighted by atomic mass is 10.1. The lowest BCUT2D eigenvalue weighted by Crippen LogP contribution is -2.11. The highest BCUT2D eigenvalue weighted by Gasteiger charge is 2.14. The lowest BCUT2D eigenvalue weighted by molar-refractivity contribution is 0.0526. The van der Waals surface area contributed by atoms with Crippen molar-refractivity contribution in [2.45, 2.75) is 13.3 Å². The summed E-state index contributed by atoms with van der Waals surface area (Å²) >= 11 is 5.91. The Balaban J connectivity index is 1.42. The number of carbonyl (C=O) groups excluding carboxylic acids is 1. The number of ether oxygens (including phenoxy) is 1. The standard InChI is InChI=1S/C27H23ClFN7O2/c1-2-38-26(37)17-11-16(13-30-14-17)19-15-32-27(33-18-7-8-21(29)20(28)12-18)36-25(19)31-10-9-24-34-22-5-3-4-6-23(22)35-24/h3-8,11-15H,2,9-10H2,1H3,(H,34,35)(H2,31,32,33,36). The Kier molecular flexibility index (Phi) is 7.41. The molecule has 0 bridgehead atoms. The van der Waals surface area contributed by atoms with E-state index in [9.17, 15) is 9.18 Å². The summed E-state index contributed by atoms with van der Waals surface area (Å²) in [7, 11) is 0. The molecule has 0 aliphatic heterocycles. The monoisotopic (exact) mass is 531 g/mol. The number of aromatic nitrogens is 5. The molecule has 0 saturated carbocycles. The number of hydrogen-bond acceptors (Lipinski definition) is 8. The number of H-pyrrole nitrogens is 1. The van der Waals surface area contributed by atoms with Crippen molar-refractivity contribution in [3.63, 3.8) is 0 Å². The summed E-state index contributed by atoms with van der Waals surface area (Å²) in [6, 6.07) is 13.8. The maximum Gasteiger partial charge on any atom is 0.339 e. The van der Waals surface area contributed by atoms with Crippen molar-refractivity contribution in [3.05, 3.63) is 89.3 Å². The van der Waals surface area contributed by atoms with Crippen LogP contribution in [0.25, 0.3) is 22.2 Å². The van der Waals surface area contributed by atoms with Crippen LogP contribution in [0.3, 0.4) is 0 Å². The first kappa shape index (κ1) is 25.1. The van der Waals surface area contributed by atoms with Gasteiger partial charge in [-0.1, -0.05) is 23.7 Å². The van der Waals surface area contributed by atoms with Gasteiger partial charge >= 0.3 is 5.97 Å². The molecule has 192 valence electrons. The van der Waals surface area contributed by atoms with Crippen LogP contribution in [-0.2, 0) is 11.2 Å². The maximum absolute atomic E-state index is 13.6. The van der Waals surface area contributed by atoms with E-state index in [2.05, 4.69) is 35.6 Å². The smallest absolute Gasteiger partial charge is 0.339 e. The van der Waals surface area contributed by atoms with E-state index in [-0.39, 0.29) is 17.6 Å². The molecule has 0 saturated heterocycles. The number of anilines is 3. The molecule has 0 radical (unpaired) electrons. The normalized spacial score (nSPS) is 10.9. The molecule has 3 N–H and O–H groups in total. The fourth-order valence-corrected chi connectivity index (χ4v) is 4.01. The molecule has 38 heavy (non-hydrogen) atoms. The number of carbonyl (C=O) groups is 1. The lowest BCUT2D eigenvalue weighted by Gasteiger charge is -2.13. The molecule has 2 aromatic carbocycles. The Morgan fingerprint density at radius 3 is 2.79 bits per heavy atom. The number of benzene rings is 2. The Morgan fingerprint density at radius 1 is 1.11 bits per heavy atom. The summed E-state index contributed by atoms with van der Waals surface area (Å²) < 4.78 is 18.7. The zero-order valence-corrected chi connectivity index (χ0v) is 21.1. The van der Waals surface area contributed by atoms with Gasteiger partial charge in [-0.25, -0.2) is 19.2 Å². The molecule has 3 heterocycles. The minimum Gasteiger partial charge on any atom is -0.462 e. The number of fused-ring (bicyclic) bond motifs is 1. The van der Waals surface area contributed by atoms with Crippen molar-refractivity contribution in [1.82, 2.24) is 24.9 Å². The first-order valence-corrected chi connectivity index (χ1v) is 12.3. The van der Waals surface area contributed by atoms with E-state index in [4.69, 9.17) is 16.3 Å². The topological polar surface area (TPSA) is 118 Å². The van der Waals surface area contributed by atoms with Gasteiger partial charge in [0.25, 0.3) is 0 Å².